The maximum absolute atomic E-state index is 10.7. The van der Waals surface area contributed by atoms with Crippen molar-refractivity contribution in [2.75, 3.05) is 20.1 Å². The van der Waals surface area contributed by atoms with Crippen LogP contribution in [0.2, 0.25) is 0 Å². The minimum absolute atomic E-state index is 0.151. The van der Waals surface area contributed by atoms with E-state index in [0.29, 0.717) is 6.04 Å². The normalized spacial score (nSPS) is 20.9. The molecule has 1 fully saturated rings. The summed E-state index contributed by atoms with van der Waals surface area (Å²) in [5, 5.41) is 14.2. The average Bonchev–Trinajstić information content (AvgIpc) is 2.47. The largest absolute Gasteiger partial charge is 0.313 e. The predicted octanol–water partition coefficient (Wildman–Crippen LogP) is 2.73. The van der Waals surface area contributed by atoms with Crippen molar-refractivity contribution >= 4 is 5.69 Å². The fraction of sp³-hybridized carbons (Fsp3) is 0.600. The molecule has 0 radical (unpaired) electrons. The molecule has 0 saturated carbocycles. The van der Waals surface area contributed by atoms with Gasteiger partial charge >= 0.3 is 0 Å². The summed E-state index contributed by atoms with van der Waals surface area (Å²) >= 11 is 0. The van der Waals surface area contributed by atoms with Gasteiger partial charge in [0.05, 0.1) is 4.92 Å². The molecule has 0 bridgehead atoms. The van der Waals surface area contributed by atoms with E-state index >= 15 is 0 Å². The number of nitro groups is 1. The molecule has 1 aromatic carbocycles. The Hall–Kier alpha value is -1.46. The van der Waals surface area contributed by atoms with Gasteiger partial charge in [0.2, 0.25) is 0 Å². The average molecular weight is 277 g/mol. The second-order valence-electron chi connectivity index (χ2n) is 5.61. The number of likely N-dealkylation sites (N-methyl/N-ethyl adjacent to an activating group) is 1. The van der Waals surface area contributed by atoms with E-state index in [4.69, 9.17) is 0 Å². The maximum atomic E-state index is 10.7. The molecule has 1 aromatic rings. The van der Waals surface area contributed by atoms with Crippen LogP contribution in [0.1, 0.15) is 37.8 Å². The van der Waals surface area contributed by atoms with E-state index in [-0.39, 0.29) is 16.7 Å². The summed E-state index contributed by atoms with van der Waals surface area (Å²) in [5.74, 6) is 0. The third kappa shape index (κ3) is 3.77. The summed E-state index contributed by atoms with van der Waals surface area (Å²) in [6, 6.07) is 7.70. The number of piperidine rings is 1. The third-order valence-corrected chi connectivity index (χ3v) is 4.17. The lowest BCUT2D eigenvalue weighted by Crippen LogP contribution is -2.43. The van der Waals surface area contributed by atoms with Crippen LogP contribution in [0, 0.1) is 10.1 Å². The summed E-state index contributed by atoms with van der Waals surface area (Å²) in [5.41, 5.74) is 1.27. The smallest absolute Gasteiger partial charge is 0.269 e. The van der Waals surface area contributed by atoms with Crippen molar-refractivity contribution in [1.29, 1.82) is 0 Å². The molecule has 1 heterocycles. The van der Waals surface area contributed by atoms with Crippen LogP contribution >= 0.6 is 0 Å². The first-order valence-corrected chi connectivity index (χ1v) is 7.26. The van der Waals surface area contributed by atoms with Crippen molar-refractivity contribution in [2.24, 2.45) is 0 Å². The zero-order chi connectivity index (χ0) is 14.5. The van der Waals surface area contributed by atoms with Gasteiger partial charge in [-0.15, -0.1) is 0 Å². The van der Waals surface area contributed by atoms with E-state index in [2.05, 4.69) is 24.2 Å². The number of nitrogens with one attached hydrogen (secondary N) is 1. The number of rotatable bonds is 5. The standard InChI is InChI=1S/C15H23N3O2/c1-12(13-6-8-15(9-7-13)18(19)20)17(2)11-14-5-3-4-10-16-14/h6-9,12,14,16H,3-5,10-11H2,1-2H3. The van der Waals surface area contributed by atoms with E-state index in [1.807, 2.05) is 12.1 Å². The summed E-state index contributed by atoms with van der Waals surface area (Å²) < 4.78 is 0. The first-order valence-electron chi connectivity index (χ1n) is 7.26. The van der Waals surface area contributed by atoms with Crippen LogP contribution in [0.4, 0.5) is 5.69 Å². The number of nitrogens with zero attached hydrogens (tertiary/aromatic N) is 2. The highest BCUT2D eigenvalue weighted by atomic mass is 16.6. The molecule has 5 heteroatoms. The Labute approximate surface area is 120 Å². The lowest BCUT2D eigenvalue weighted by molar-refractivity contribution is -0.384. The molecule has 1 aliphatic heterocycles. The van der Waals surface area contributed by atoms with Crippen LogP contribution in [0.5, 0.6) is 0 Å². The molecule has 20 heavy (non-hydrogen) atoms. The summed E-state index contributed by atoms with van der Waals surface area (Å²) in [6.45, 7) is 4.27. The van der Waals surface area contributed by atoms with Gasteiger partial charge in [0.15, 0.2) is 0 Å². The highest BCUT2D eigenvalue weighted by Crippen LogP contribution is 2.22. The zero-order valence-corrected chi connectivity index (χ0v) is 12.2. The monoisotopic (exact) mass is 277 g/mol. The molecule has 0 spiro atoms. The van der Waals surface area contributed by atoms with Crippen molar-refractivity contribution in [3.05, 3.63) is 39.9 Å². The first-order chi connectivity index (χ1) is 9.58. The summed E-state index contributed by atoms with van der Waals surface area (Å²) in [4.78, 5) is 12.6. The number of non-ortho nitro benzene ring substituents is 1. The molecule has 2 rings (SSSR count). The van der Waals surface area contributed by atoms with Gasteiger partial charge in [-0.1, -0.05) is 18.6 Å². The van der Waals surface area contributed by atoms with Gasteiger partial charge in [-0.25, -0.2) is 0 Å². The number of benzene rings is 1. The van der Waals surface area contributed by atoms with Gasteiger partial charge in [0.1, 0.15) is 0 Å². The van der Waals surface area contributed by atoms with Crippen molar-refractivity contribution in [2.45, 2.75) is 38.3 Å². The lowest BCUT2D eigenvalue weighted by Gasteiger charge is -2.32. The molecule has 1 aliphatic rings. The highest BCUT2D eigenvalue weighted by Gasteiger charge is 2.19. The van der Waals surface area contributed by atoms with Gasteiger partial charge in [0, 0.05) is 30.8 Å². The summed E-state index contributed by atoms with van der Waals surface area (Å²) in [7, 11) is 2.11. The second kappa shape index (κ2) is 6.81. The Kier molecular flexibility index (Phi) is 5.09. The van der Waals surface area contributed by atoms with Crippen LogP contribution in [-0.2, 0) is 0 Å². The Morgan fingerprint density at radius 3 is 2.65 bits per heavy atom. The molecule has 0 aromatic heterocycles. The van der Waals surface area contributed by atoms with Crippen molar-refractivity contribution in [3.63, 3.8) is 0 Å². The zero-order valence-electron chi connectivity index (χ0n) is 12.2. The van der Waals surface area contributed by atoms with Crippen LogP contribution in [-0.4, -0.2) is 36.0 Å². The number of nitro benzene ring substituents is 1. The van der Waals surface area contributed by atoms with Gasteiger partial charge < -0.3 is 5.32 Å². The van der Waals surface area contributed by atoms with E-state index in [1.165, 1.54) is 19.3 Å². The molecule has 0 amide bonds. The number of hydrogen-bond acceptors (Lipinski definition) is 4. The van der Waals surface area contributed by atoms with Gasteiger partial charge in [0.25, 0.3) is 5.69 Å². The Morgan fingerprint density at radius 2 is 2.10 bits per heavy atom. The molecule has 0 aliphatic carbocycles. The molecule has 1 saturated heterocycles. The van der Waals surface area contributed by atoms with Crippen LogP contribution < -0.4 is 5.32 Å². The molecular formula is C15H23N3O2. The third-order valence-electron chi connectivity index (χ3n) is 4.17. The minimum atomic E-state index is -0.357. The molecule has 5 nitrogen and oxygen atoms in total. The van der Waals surface area contributed by atoms with Gasteiger partial charge in [-0.2, -0.15) is 0 Å². The van der Waals surface area contributed by atoms with E-state index in [0.717, 1.165) is 18.7 Å². The lowest BCUT2D eigenvalue weighted by atomic mass is 10.0. The van der Waals surface area contributed by atoms with Crippen LogP contribution in [0.25, 0.3) is 0 Å². The van der Waals surface area contributed by atoms with Crippen molar-refractivity contribution in [3.8, 4) is 0 Å². The Morgan fingerprint density at radius 1 is 1.40 bits per heavy atom. The SMILES string of the molecule is CC(c1ccc([N+](=O)[O-])cc1)N(C)CC1CCCCN1. The Balaban J connectivity index is 1.94. The molecule has 2 atom stereocenters. The fourth-order valence-corrected chi connectivity index (χ4v) is 2.71. The topological polar surface area (TPSA) is 58.4 Å². The summed E-state index contributed by atoms with van der Waals surface area (Å²) in [6.07, 6.45) is 3.81. The molecule has 110 valence electrons. The molecule has 2 unspecified atom stereocenters. The highest BCUT2D eigenvalue weighted by molar-refractivity contribution is 5.34. The first kappa shape index (κ1) is 14.9. The van der Waals surface area contributed by atoms with Gasteiger partial charge in [-0.3, -0.25) is 15.0 Å². The molecule has 1 N–H and O–H groups in total. The number of hydrogen-bond donors (Lipinski definition) is 1. The van der Waals surface area contributed by atoms with Crippen molar-refractivity contribution < 1.29 is 4.92 Å². The van der Waals surface area contributed by atoms with E-state index in [9.17, 15) is 10.1 Å². The van der Waals surface area contributed by atoms with Crippen LogP contribution in [0.15, 0.2) is 24.3 Å². The Bertz CT molecular complexity index is 441. The second-order valence-corrected chi connectivity index (χ2v) is 5.61. The van der Waals surface area contributed by atoms with Gasteiger partial charge in [-0.05, 0) is 38.9 Å². The van der Waals surface area contributed by atoms with E-state index in [1.54, 1.807) is 12.1 Å². The maximum Gasteiger partial charge on any atom is 0.269 e. The van der Waals surface area contributed by atoms with Crippen molar-refractivity contribution in [1.82, 2.24) is 10.2 Å². The quantitative estimate of drug-likeness (QED) is 0.664. The van der Waals surface area contributed by atoms with E-state index < -0.39 is 0 Å². The van der Waals surface area contributed by atoms with Crippen LogP contribution in [0.3, 0.4) is 0 Å². The fourth-order valence-electron chi connectivity index (χ4n) is 2.71. The predicted molar refractivity (Wildman–Crippen MR) is 79.8 cm³/mol. The minimum Gasteiger partial charge on any atom is -0.313 e. The molecular weight excluding hydrogens is 254 g/mol.